The molecule has 0 aliphatic heterocycles. The highest BCUT2D eigenvalue weighted by Gasteiger charge is 2.20. The number of primary sulfonamides is 1. The zero-order valence-electron chi connectivity index (χ0n) is 7.74. The van der Waals surface area contributed by atoms with Gasteiger partial charge in [-0.25, -0.2) is 27.3 Å². The molecule has 0 aromatic carbocycles. The van der Waals surface area contributed by atoms with Gasteiger partial charge in [0, 0.05) is 0 Å². The van der Waals surface area contributed by atoms with Crippen molar-refractivity contribution < 1.29 is 17.2 Å². The number of aromatic nitrogens is 1. The van der Waals surface area contributed by atoms with Crippen LogP contribution in [0.1, 0.15) is 17.7 Å². The molecule has 0 radical (unpaired) electrons. The topological polar surface area (TPSA) is 99.1 Å². The van der Waals surface area contributed by atoms with Crippen molar-refractivity contribution in [2.45, 2.75) is 18.2 Å². The largest absolute Gasteiger partial charge is 0.383 e. The number of hydrogen-bond acceptors (Lipinski definition) is 4. The summed E-state index contributed by atoms with van der Waals surface area (Å²) in [4.78, 5) is 2.86. The maximum Gasteiger partial charge on any atom is 0.280 e. The van der Waals surface area contributed by atoms with Crippen LogP contribution in [0.5, 0.6) is 0 Å². The van der Waals surface area contributed by atoms with Crippen molar-refractivity contribution in [3.05, 3.63) is 17.3 Å². The molecule has 0 spiro atoms. The van der Waals surface area contributed by atoms with E-state index in [0.29, 0.717) is 0 Å². The van der Waals surface area contributed by atoms with E-state index in [9.17, 15) is 17.2 Å². The van der Waals surface area contributed by atoms with Crippen molar-refractivity contribution in [2.75, 3.05) is 5.73 Å². The molecule has 1 aromatic rings. The van der Waals surface area contributed by atoms with Gasteiger partial charge in [-0.15, -0.1) is 0 Å². The van der Waals surface area contributed by atoms with Gasteiger partial charge in [-0.1, -0.05) is 0 Å². The third-order valence-electron chi connectivity index (χ3n) is 1.71. The van der Waals surface area contributed by atoms with Crippen molar-refractivity contribution in [1.29, 1.82) is 0 Å². The van der Waals surface area contributed by atoms with Gasteiger partial charge in [-0.05, 0) is 18.6 Å². The minimum atomic E-state index is -4.04. The lowest BCUT2D eigenvalue weighted by molar-refractivity contribution is 0.146. The summed E-state index contributed by atoms with van der Waals surface area (Å²) in [6, 6.07) is 0.945. The van der Waals surface area contributed by atoms with Crippen molar-refractivity contribution in [3.8, 4) is 0 Å². The molecule has 15 heavy (non-hydrogen) atoms. The van der Waals surface area contributed by atoms with Crippen LogP contribution in [0.25, 0.3) is 0 Å². The van der Waals surface area contributed by atoms with Gasteiger partial charge in [-0.2, -0.15) is 0 Å². The SMILES string of the molecule is Cc1cc(C(F)F)nc(N)c1S(N)(=O)=O. The summed E-state index contributed by atoms with van der Waals surface area (Å²) in [7, 11) is -4.04. The molecule has 1 aromatic heterocycles. The first-order valence-corrected chi connectivity index (χ1v) is 5.36. The molecular weight excluding hydrogens is 228 g/mol. The maximum absolute atomic E-state index is 12.3. The van der Waals surface area contributed by atoms with Crippen molar-refractivity contribution in [2.24, 2.45) is 5.14 Å². The van der Waals surface area contributed by atoms with Gasteiger partial charge in [0.2, 0.25) is 10.0 Å². The molecule has 0 saturated carbocycles. The lowest BCUT2D eigenvalue weighted by Crippen LogP contribution is -2.17. The molecule has 84 valence electrons. The molecule has 5 nitrogen and oxygen atoms in total. The Balaban J connectivity index is 3.48. The minimum Gasteiger partial charge on any atom is -0.383 e. The fraction of sp³-hybridized carbons (Fsp3) is 0.286. The Morgan fingerprint density at radius 2 is 2.00 bits per heavy atom. The average Bonchev–Trinajstić information content (AvgIpc) is 1.99. The van der Waals surface area contributed by atoms with Crippen LogP contribution in [0.2, 0.25) is 0 Å². The van der Waals surface area contributed by atoms with Crippen LogP contribution in [0.4, 0.5) is 14.6 Å². The van der Waals surface area contributed by atoms with E-state index < -0.39 is 32.9 Å². The number of aryl methyl sites for hydroxylation is 1. The van der Waals surface area contributed by atoms with Crippen LogP contribution < -0.4 is 10.9 Å². The summed E-state index contributed by atoms with van der Waals surface area (Å²) in [5.74, 6) is -0.507. The van der Waals surface area contributed by atoms with Crippen LogP contribution in [0.3, 0.4) is 0 Å². The first-order valence-electron chi connectivity index (χ1n) is 3.81. The quantitative estimate of drug-likeness (QED) is 0.784. The molecule has 0 saturated heterocycles. The van der Waals surface area contributed by atoms with E-state index in [1.165, 1.54) is 6.92 Å². The monoisotopic (exact) mass is 237 g/mol. The van der Waals surface area contributed by atoms with E-state index >= 15 is 0 Å². The smallest absolute Gasteiger partial charge is 0.280 e. The Labute approximate surface area is 85.2 Å². The van der Waals surface area contributed by atoms with Gasteiger partial charge in [0.1, 0.15) is 16.4 Å². The predicted octanol–water partition coefficient (Wildman–Crippen LogP) is 0.557. The maximum atomic E-state index is 12.3. The number of pyridine rings is 1. The van der Waals surface area contributed by atoms with Crippen LogP contribution >= 0.6 is 0 Å². The number of alkyl halides is 2. The summed E-state index contributed by atoms with van der Waals surface area (Å²) in [6.45, 7) is 1.32. The second kappa shape index (κ2) is 3.70. The first-order chi connectivity index (χ1) is 6.73. The molecule has 0 aliphatic rings. The van der Waals surface area contributed by atoms with Gasteiger partial charge >= 0.3 is 0 Å². The Morgan fingerprint density at radius 1 is 1.47 bits per heavy atom. The Bertz CT molecular complexity index is 464. The predicted molar refractivity (Wildman–Crippen MR) is 49.7 cm³/mol. The number of rotatable bonds is 2. The number of hydrogen-bond donors (Lipinski definition) is 2. The Hall–Kier alpha value is -1.28. The highest BCUT2D eigenvalue weighted by atomic mass is 32.2. The molecule has 0 aliphatic carbocycles. The van der Waals surface area contributed by atoms with Crippen LogP contribution in [-0.2, 0) is 10.0 Å². The van der Waals surface area contributed by atoms with E-state index in [4.69, 9.17) is 10.9 Å². The molecule has 0 unspecified atom stereocenters. The molecule has 0 atom stereocenters. The van der Waals surface area contributed by atoms with Gasteiger partial charge in [0.25, 0.3) is 6.43 Å². The number of nitrogen functional groups attached to an aromatic ring is 1. The van der Waals surface area contributed by atoms with E-state index in [2.05, 4.69) is 4.98 Å². The van der Waals surface area contributed by atoms with Crippen molar-refractivity contribution in [1.82, 2.24) is 4.98 Å². The molecular formula is C7H9F2N3O2S. The van der Waals surface area contributed by atoms with Crippen LogP contribution in [0, 0.1) is 6.92 Å². The fourth-order valence-corrected chi connectivity index (χ4v) is 2.04. The van der Waals surface area contributed by atoms with E-state index in [-0.39, 0.29) is 5.56 Å². The lowest BCUT2D eigenvalue weighted by Gasteiger charge is -2.08. The highest BCUT2D eigenvalue weighted by molar-refractivity contribution is 7.89. The standard InChI is InChI=1S/C7H9F2N3O2S/c1-3-2-4(6(8)9)12-7(10)5(3)15(11,13)14/h2,6H,1H3,(H2,10,12)(H2,11,13,14). The number of anilines is 1. The third-order valence-corrected chi connectivity index (χ3v) is 2.81. The van der Waals surface area contributed by atoms with E-state index in [1.54, 1.807) is 0 Å². The van der Waals surface area contributed by atoms with Gasteiger partial charge < -0.3 is 5.73 Å². The normalized spacial score (nSPS) is 12.1. The highest BCUT2D eigenvalue weighted by Crippen LogP contribution is 2.25. The summed E-state index contributed by atoms with van der Waals surface area (Å²) in [5, 5.41) is 4.85. The zero-order valence-corrected chi connectivity index (χ0v) is 8.55. The fourth-order valence-electron chi connectivity index (χ4n) is 1.19. The second-order valence-corrected chi connectivity index (χ2v) is 4.42. The van der Waals surface area contributed by atoms with Crippen molar-refractivity contribution >= 4 is 15.8 Å². The zero-order chi connectivity index (χ0) is 11.8. The molecule has 1 heterocycles. The van der Waals surface area contributed by atoms with E-state index in [0.717, 1.165) is 6.07 Å². The number of sulfonamides is 1. The summed E-state index contributed by atoms with van der Waals surface area (Å²) in [6.07, 6.45) is -2.81. The number of nitrogens with zero attached hydrogens (tertiary/aromatic N) is 1. The number of halogens is 2. The van der Waals surface area contributed by atoms with Gasteiger partial charge in [-0.3, -0.25) is 0 Å². The first kappa shape index (κ1) is 11.8. The van der Waals surface area contributed by atoms with Crippen molar-refractivity contribution in [3.63, 3.8) is 0 Å². The van der Waals surface area contributed by atoms with Crippen LogP contribution in [-0.4, -0.2) is 13.4 Å². The molecule has 4 N–H and O–H groups in total. The van der Waals surface area contributed by atoms with Gasteiger partial charge in [0.15, 0.2) is 0 Å². The summed E-state index contributed by atoms with van der Waals surface area (Å²) in [5.41, 5.74) is 4.73. The summed E-state index contributed by atoms with van der Waals surface area (Å²) < 4.78 is 46.6. The molecule has 1 rings (SSSR count). The average molecular weight is 237 g/mol. The van der Waals surface area contributed by atoms with E-state index in [1.807, 2.05) is 0 Å². The van der Waals surface area contributed by atoms with Crippen LogP contribution in [0.15, 0.2) is 11.0 Å². The number of nitrogens with two attached hydrogens (primary N) is 2. The minimum absolute atomic E-state index is 0.0558. The molecule has 0 amide bonds. The Morgan fingerprint density at radius 3 is 2.33 bits per heavy atom. The molecule has 0 fully saturated rings. The molecule has 0 bridgehead atoms. The lowest BCUT2D eigenvalue weighted by atomic mass is 10.2. The molecule has 8 heteroatoms. The summed E-state index contributed by atoms with van der Waals surface area (Å²) >= 11 is 0. The van der Waals surface area contributed by atoms with Gasteiger partial charge in [0.05, 0.1) is 0 Å². The Kier molecular flexibility index (Phi) is 2.91. The third kappa shape index (κ3) is 2.39. The second-order valence-electron chi connectivity index (χ2n) is 2.92.